The van der Waals surface area contributed by atoms with Gasteiger partial charge in [-0.25, -0.2) is 9.18 Å². The van der Waals surface area contributed by atoms with Crippen LogP contribution < -0.4 is 0 Å². The zero-order valence-electron chi connectivity index (χ0n) is 16.4. The lowest BCUT2D eigenvalue weighted by Gasteiger charge is -2.29. The molecule has 2 fully saturated rings. The fourth-order valence-electron chi connectivity index (χ4n) is 3.75. The first-order valence-corrected chi connectivity index (χ1v) is 10.0. The van der Waals surface area contributed by atoms with Crippen molar-refractivity contribution in [3.8, 4) is 11.4 Å². The summed E-state index contributed by atoms with van der Waals surface area (Å²) in [4.78, 5) is 30.6. The lowest BCUT2D eigenvalue weighted by Crippen LogP contribution is -2.40. The Morgan fingerprint density at radius 1 is 1.17 bits per heavy atom. The van der Waals surface area contributed by atoms with Gasteiger partial charge in [-0.05, 0) is 37.8 Å². The third-order valence-corrected chi connectivity index (χ3v) is 5.47. The SMILES string of the molecule is O=C(O)N1CCC(OCc2nc(-c3ccc(C(=O)N4CCCC4)c(F)c3)no2)CC1. The van der Waals surface area contributed by atoms with Crippen LogP contribution in [0.2, 0.25) is 0 Å². The third kappa shape index (κ3) is 4.43. The molecule has 1 aromatic carbocycles. The molecule has 0 atom stereocenters. The fourth-order valence-corrected chi connectivity index (χ4v) is 3.75. The molecule has 10 heteroatoms. The number of rotatable bonds is 5. The molecule has 2 aromatic rings. The number of carbonyl (C=O) groups is 2. The number of ether oxygens (including phenoxy) is 1. The van der Waals surface area contributed by atoms with Crippen LogP contribution in [0.5, 0.6) is 0 Å². The second-order valence-electron chi connectivity index (χ2n) is 7.49. The van der Waals surface area contributed by atoms with Gasteiger partial charge in [-0.2, -0.15) is 4.98 Å². The van der Waals surface area contributed by atoms with Crippen molar-refractivity contribution in [2.24, 2.45) is 0 Å². The molecule has 0 spiro atoms. The molecular weight excluding hydrogens is 395 g/mol. The Bertz CT molecular complexity index is 920. The zero-order chi connectivity index (χ0) is 21.1. The molecule has 2 saturated heterocycles. The molecule has 9 nitrogen and oxygen atoms in total. The van der Waals surface area contributed by atoms with Crippen LogP contribution in [-0.2, 0) is 11.3 Å². The van der Waals surface area contributed by atoms with Gasteiger partial charge in [-0.15, -0.1) is 0 Å². The molecule has 2 aliphatic heterocycles. The second-order valence-corrected chi connectivity index (χ2v) is 7.49. The maximum absolute atomic E-state index is 14.5. The van der Waals surface area contributed by atoms with Crippen molar-refractivity contribution in [2.45, 2.75) is 38.4 Å². The predicted octanol–water partition coefficient (Wildman–Crippen LogP) is 2.77. The third-order valence-electron chi connectivity index (χ3n) is 5.47. The summed E-state index contributed by atoms with van der Waals surface area (Å²) < 4.78 is 25.4. The lowest BCUT2D eigenvalue weighted by atomic mass is 10.1. The molecule has 0 saturated carbocycles. The largest absolute Gasteiger partial charge is 0.465 e. The number of carbonyl (C=O) groups excluding carboxylic acids is 1. The number of hydrogen-bond donors (Lipinski definition) is 1. The molecule has 0 radical (unpaired) electrons. The van der Waals surface area contributed by atoms with E-state index in [9.17, 15) is 14.0 Å². The maximum Gasteiger partial charge on any atom is 0.407 e. The molecule has 2 amide bonds. The Labute approximate surface area is 172 Å². The van der Waals surface area contributed by atoms with Gasteiger partial charge in [0.2, 0.25) is 5.82 Å². The van der Waals surface area contributed by atoms with Gasteiger partial charge in [0.05, 0.1) is 11.7 Å². The van der Waals surface area contributed by atoms with Crippen LogP contribution in [-0.4, -0.2) is 69.3 Å². The van der Waals surface area contributed by atoms with Crippen molar-refractivity contribution in [3.63, 3.8) is 0 Å². The Kier molecular flexibility index (Phi) is 5.93. The van der Waals surface area contributed by atoms with Gasteiger partial charge >= 0.3 is 6.09 Å². The number of nitrogens with zero attached hydrogens (tertiary/aromatic N) is 4. The molecule has 1 aromatic heterocycles. The number of aromatic nitrogens is 2. The molecule has 0 aliphatic carbocycles. The Hall–Kier alpha value is -3.01. The first-order chi connectivity index (χ1) is 14.5. The van der Waals surface area contributed by atoms with Crippen molar-refractivity contribution in [3.05, 3.63) is 35.5 Å². The van der Waals surface area contributed by atoms with Crippen molar-refractivity contribution in [1.82, 2.24) is 19.9 Å². The van der Waals surface area contributed by atoms with E-state index in [4.69, 9.17) is 14.4 Å². The first-order valence-electron chi connectivity index (χ1n) is 10.0. The van der Waals surface area contributed by atoms with Crippen molar-refractivity contribution in [1.29, 1.82) is 0 Å². The molecule has 3 heterocycles. The normalized spacial score (nSPS) is 17.5. The van der Waals surface area contributed by atoms with E-state index in [2.05, 4.69) is 10.1 Å². The topological polar surface area (TPSA) is 109 Å². The summed E-state index contributed by atoms with van der Waals surface area (Å²) in [6, 6.07) is 4.29. The van der Waals surface area contributed by atoms with Crippen molar-refractivity contribution < 1.29 is 28.3 Å². The fraction of sp³-hybridized carbons (Fsp3) is 0.500. The Morgan fingerprint density at radius 3 is 2.57 bits per heavy atom. The second kappa shape index (κ2) is 8.78. The minimum atomic E-state index is -0.921. The standard InChI is InChI=1S/C20H23FN4O5/c21-16-11-13(3-4-15(16)19(26)24-7-1-2-8-24)18-22-17(30-23-18)12-29-14-5-9-25(10-6-14)20(27)28/h3-4,11,14H,1-2,5-10,12H2,(H,27,28). The highest BCUT2D eigenvalue weighted by atomic mass is 19.1. The van der Waals surface area contributed by atoms with E-state index < -0.39 is 11.9 Å². The summed E-state index contributed by atoms with van der Waals surface area (Å²) in [5.41, 5.74) is 0.454. The Morgan fingerprint density at radius 2 is 1.90 bits per heavy atom. The molecule has 2 aliphatic rings. The number of amides is 2. The van der Waals surface area contributed by atoms with Gasteiger partial charge in [0, 0.05) is 31.7 Å². The number of likely N-dealkylation sites (tertiary alicyclic amines) is 2. The highest BCUT2D eigenvalue weighted by Gasteiger charge is 2.24. The highest BCUT2D eigenvalue weighted by molar-refractivity contribution is 5.95. The predicted molar refractivity (Wildman–Crippen MR) is 102 cm³/mol. The van der Waals surface area contributed by atoms with E-state index in [0.717, 1.165) is 12.8 Å². The Balaban J connectivity index is 1.35. The van der Waals surface area contributed by atoms with E-state index in [1.807, 2.05) is 0 Å². The average Bonchev–Trinajstić information content (AvgIpc) is 3.44. The molecule has 0 unspecified atom stereocenters. The van der Waals surface area contributed by atoms with E-state index in [1.165, 1.54) is 17.0 Å². The summed E-state index contributed by atoms with van der Waals surface area (Å²) in [6.45, 7) is 2.26. The molecule has 30 heavy (non-hydrogen) atoms. The highest BCUT2D eigenvalue weighted by Crippen LogP contribution is 2.22. The van der Waals surface area contributed by atoms with Gasteiger partial charge in [0.1, 0.15) is 12.4 Å². The van der Waals surface area contributed by atoms with E-state index >= 15 is 0 Å². The molecule has 0 bridgehead atoms. The van der Waals surface area contributed by atoms with E-state index in [-0.39, 0.29) is 35.9 Å². The van der Waals surface area contributed by atoms with E-state index in [1.54, 1.807) is 11.0 Å². The minimum absolute atomic E-state index is 0.0420. The quantitative estimate of drug-likeness (QED) is 0.795. The van der Waals surface area contributed by atoms with Crippen molar-refractivity contribution in [2.75, 3.05) is 26.2 Å². The van der Waals surface area contributed by atoms with Crippen LogP contribution in [0.25, 0.3) is 11.4 Å². The number of hydrogen-bond acceptors (Lipinski definition) is 6. The van der Waals surface area contributed by atoms with Crippen LogP contribution in [0, 0.1) is 5.82 Å². The van der Waals surface area contributed by atoms with Crippen LogP contribution in [0.4, 0.5) is 9.18 Å². The monoisotopic (exact) mass is 418 g/mol. The molecule has 160 valence electrons. The van der Waals surface area contributed by atoms with Crippen LogP contribution in [0.1, 0.15) is 41.9 Å². The summed E-state index contributed by atoms with van der Waals surface area (Å²) in [5, 5.41) is 12.8. The van der Waals surface area contributed by atoms with Crippen LogP contribution in [0.3, 0.4) is 0 Å². The molecule has 1 N–H and O–H groups in total. The van der Waals surface area contributed by atoms with E-state index in [0.29, 0.717) is 44.6 Å². The van der Waals surface area contributed by atoms with Crippen molar-refractivity contribution >= 4 is 12.0 Å². The first kappa shape index (κ1) is 20.3. The zero-order valence-corrected chi connectivity index (χ0v) is 16.4. The van der Waals surface area contributed by atoms with Crippen LogP contribution in [0.15, 0.2) is 22.7 Å². The summed E-state index contributed by atoms with van der Waals surface area (Å²) in [7, 11) is 0. The van der Waals surface area contributed by atoms with Gasteiger partial charge in [0.15, 0.2) is 0 Å². The van der Waals surface area contributed by atoms with Gasteiger partial charge in [0.25, 0.3) is 11.8 Å². The number of benzene rings is 1. The van der Waals surface area contributed by atoms with Crippen LogP contribution >= 0.6 is 0 Å². The van der Waals surface area contributed by atoms with Gasteiger partial charge in [-0.1, -0.05) is 11.2 Å². The minimum Gasteiger partial charge on any atom is -0.465 e. The smallest absolute Gasteiger partial charge is 0.407 e. The molecule has 4 rings (SSSR count). The number of halogens is 1. The number of carboxylic acid groups (broad SMARTS) is 1. The summed E-state index contributed by atoms with van der Waals surface area (Å²) in [6.07, 6.45) is 2.09. The molecular formula is C20H23FN4O5. The van der Waals surface area contributed by atoms with Gasteiger partial charge in [-0.3, -0.25) is 4.79 Å². The maximum atomic E-state index is 14.5. The number of piperidine rings is 1. The van der Waals surface area contributed by atoms with Gasteiger partial charge < -0.3 is 24.2 Å². The lowest BCUT2D eigenvalue weighted by molar-refractivity contribution is -0.00953. The summed E-state index contributed by atoms with van der Waals surface area (Å²) in [5.74, 6) is -0.443. The average molecular weight is 418 g/mol. The summed E-state index contributed by atoms with van der Waals surface area (Å²) >= 11 is 0.